The first-order valence-corrected chi connectivity index (χ1v) is 10.2. The molecule has 1 saturated heterocycles. The lowest BCUT2D eigenvalue weighted by Crippen LogP contribution is -2.49. The number of amides is 1. The first kappa shape index (κ1) is 19.7. The lowest BCUT2D eigenvalue weighted by molar-refractivity contribution is -0.160. The molecule has 1 aromatic rings. The smallest absolute Gasteiger partial charge is 0.312 e. The van der Waals surface area contributed by atoms with Crippen LogP contribution in [0.5, 0.6) is 5.75 Å². The number of likely N-dealkylation sites (tertiary alicyclic amines) is 1. The minimum Gasteiger partial charge on any atom is -0.497 e. The van der Waals surface area contributed by atoms with E-state index < -0.39 is 5.41 Å². The Morgan fingerprint density at radius 2 is 1.74 bits per heavy atom. The number of piperidine rings is 1. The van der Waals surface area contributed by atoms with Crippen molar-refractivity contribution >= 4 is 11.9 Å². The summed E-state index contributed by atoms with van der Waals surface area (Å²) in [4.78, 5) is 27.5. The summed E-state index contributed by atoms with van der Waals surface area (Å²) in [5.41, 5.74) is 0.552. The van der Waals surface area contributed by atoms with Gasteiger partial charge in [-0.15, -0.1) is 0 Å². The van der Waals surface area contributed by atoms with Crippen molar-refractivity contribution in [3.05, 3.63) is 29.8 Å². The maximum atomic E-state index is 12.8. The van der Waals surface area contributed by atoms with Crippen molar-refractivity contribution in [3.63, 3.8) is 0 Å². The van der Waals surface area contributed by atoms with Crippen LogP contribution in [0.25, 0.3) is 0 Å². The molecule has 0 radical (unpaired) electrons. The molecule has 27 heavy (non-hydrogen) atoms. The fraction of sp³-hybridized carbons (Fsp3) is 0.636. The minimum absolute atomic E-state index is 0.131. The van der Waals surface area contributed by atoms with Gasteiger partial charge < -0.3 is 14.4 Å². The second-order valence-electron chi connectivity index (χ2n) is 7.83. The van der Waals surface area contributed by atoms with Gasteiger partial charge in [0.15, 0.2) is 0 Å². The fourth-order valence-corrected chi connectivity index (χ4v) is 4.46. The molecule has 5 nitrogen and oxygen atoms in total. The number of methoxy groups -OCH3 is 1. The van der Waals surface area contributed by atoms with E-state index in [1.54, 1.807) is 7.11 Å². The van der Waals surface area contributed by atoms with Crippen molar-refractivity contribution in [1.82, 2.24) is 4.90 Å². The van der Waals surface area contributed by atoms with Crippen molar-refractivity contribution in [1.29, 1.82) is 0 Å². The molecule has 1 amide bonds. The van der Waals surface area contributed by atoms with E-state index in [0.717, 1.165) is 37.0 Å². The first-order chi connectivity index (χ1) is 13.1. The molecule has 2 aliphatic rings. The lowest BCUT2D eigenvalue weighted by atomic mass is 9.73. The SMILES string of the molecule is CCOC(=O)C1(Cc2ccc(OC)cc2)CCN(C(=O)C2CCCC2)CC1. The molecule has 0 spiro atoms. The summed E-state index contributed by atoms with van der Waals surface area (Å²) < 4.78 is 10.7. The van der Waals surface area contributed by atoms with Crippen LogP contribution in [0.15, 0.2) is 24.3 Å². The van der Waals surface area contributed by atoms with Crippen LogP contribution in [0.3, 0.4) is 0 Å². The summed E-state index contributed by atoms with van der Waals surface area (Å²) in [5, 5.41) is 0. The number of benzene rings is 1. The summed E-state index contributed by atoms with van der Waals surface area (Å²) in [6.07, 6.45) is 6.32. The Morgan fingerprint density at radius 3 is 2.30 bits per heavy atom. The van der Waals surface area contributed by atoms with Gasteiger partial charge in [-0.05, 0) is 56.7 Å². The third kappa shape index (κ3) is 4.45. The molecule has 148 valence electrons. The number of hydrogen-bond donors (Lipinski definition) is 0. The summed E-state index contributed by atoms with van der Waals surface area (Å²) in [6, 6.07) is 7.87. The Kier molecular flexibility index (Phi) is 6.40. The van der Waals surface area contributed by atoms with Crippen LogP contribution >= 0.6 is 0 Å². The van der Waals surface area contributed by atoms with Gasteiger partial charge in [-0.25, -0.2) is 0 Å². The number of carbonyl (C=O) groups is 2. The second kappa shape index (κ2) is 8.77. The Hall–Kier alpha value is -2.04. The monoisotopic (exact) mass is 373 g/mol. The molecule has 0 bridgehead atoms. The number of carbonyl (C=O) groups excluding carboxylic acids is 2. The second-order valence-corrected chi connectivity index (χ2v) is 7.83. The van der Waals surface area contributed by atoms with Crippen LogP contribution in [0.2, 0.25) is 0 Å². The van der Waals surface area contributed by atoms with Crippen LogP contribution in [-0.2, 0) is 20.7 Å². The van der Waals surface area contributed by atoms with Gasteiger partial charge in [0.25, 0.3) is 0 Å². The number of esters is 1. The van der Waals surface area contributed by atoms with Crippen molar-refractivity contribution < 1.29 is 19.1 Å². The molecule has 5 heteroatoms. The minimum atomic E-state index is -0.545. The van der Waals surface area contributed by atoms with Gasteiger partial charge in [0.1, 0.15) is 5.75 Å². The van der Waals surface area contributed by atoms with Gasteiger partial charge in [0.2, 0.25) is 5.91 Å². The molecule has 2 fully saturated rings. The van der Waals surface area contributed by atoms with Gasteiger partial charge in [-0.3, -0.25) is 9.59 Å². The average Bonchev–Trinajstić information content (AvgIpc) is 3.23. The van der Waals surface area contributed by atoms with Gasteiger partial charge in [-0.1, -0.05) is 25.0 Å². The van der Waals surface area contributed by atoms with Crippen LogP contribution in [0.4, 0.5) is 0 Å². The normalized spacial score (nSPS) is 19.7. The largest absolute Gasteiger partial charge is 0.497 e. The number of ether oxygens (including phenoxy) is 2. The summed E-state index contributed by atoms with van der Waals surface area (Å²) in [5.74, 6) is 1.16. The zero-order valence-electron chi connectivity index (χ0n) is 16.5. The molecule has 0 aromatic heterocycles. The van der Waals surface area contributed by atoms with Gasteiger partial charge >= 0.3 is 5.97 Å². The molecule has 0 N–H and O–H groups in total. The van der Waals surface area contributed by atoms with E-state index in [1.807, 2.05) is 36.1 Å². The predicted octanol–water partition coefficient (Wildman–Crippen LogP) is 3.60. The zero-order valence-corrected chi connectivity index (χ0v) is 16.5. The molecule has 1 aromatic carbocycles. The van der Waals surface area contributed by atoms with Gasteiger partial charge in [0, 0.05) is 19.0 Å². The van der Waals surface area contributed by atoms with Crippen molar-refractivity contribution in [2.45, 2.75) is 51.9 Å². The van der Waals surface area contributed by atoms with E-state index in [9.17, 15) is 9.59 Å². The highest BCUT2D eigenvalue weighted by molar-refractivity contribution is 5.81. The molecule has 0 atom stereocenters. The van der Waals surface area contributed by atoms with Crippen molar-refractivity contribution in [3.8, 4) is 5.75 Å². The van der Waals surface area contributed by atoms with E-state index in [1.165, 1.54) is 0 Å². The Morgan fingerprint density at radius 1 is 1.11 bits per heavy atom. The Balaban J connectivity index is 1.70. The maximum Gasteiger partial charge on any atom is 0.312 e. The van der Waals surface area contributed by atoms with Crippen LogP contribution in [0.1, 0.15) is 51.0 Å². The highest BCUT2D eigenvalue weighted by atomic mass is 16.5. The average molecular weight is 373 g/mol. The van der Waals surface area contributed by atoms with Crippen LogP contribution in [0, 0.1) is 11.3 Å². The van der Waals surface area contributed by atoms with Crippen LogP contribution < -0.4 is 4.74 Å². The van der Waals surface area contributed by atoms with E-state index >= 15 is 0 Å². The van der Waals surface area contributed by atoms with E-state index in [4.69, 9.17) is 9.47 Å². The standard InChI is InChI=1S/C22H31NO4/c1-3-27-21(25)22(16-17-8-10-19(26-2)11-9-17)12-14-23(15-13-22)20(24)18-6-4-5-7-18/h8-11,18H,3-7,12-16H2,1-2H3. The number of rotatable bonds is 6. The molecule has 1 aliphatic carbocycles. The first-order valence-electron chi connectivity index (χ1n) is 10.2. The topological polar surface area (TPSA) is 55.8 Å². The third-order valence-electron chi connectivity index (χ3n) is 6.15. The third-order valence-corrected chi connectivity index (χ3v) is 6.15. The summed E-state index contributed by atoms with van der Waals surface area (Å²) in [7, 11) is 1.65. The zero-order chi connectivity index (χ0) is 19.3. The quantitative estimate of drug-likeness (QED) is 0.715. The van der Waals surface area contributed by atoms with E-state index in [2.05, 4.69) is 0 Å². The molecule has 1 heterocycles. The molecular formula is C22H31NO4. The van der Waals surface area contributed by atoms with Crippen LogP contribution in [-0.4, -0.2) is 43.6 Å². The lowest BCUT2D eigenvalue weighted by Gasteiger charge is -2.40. The predicted molar refractivity (Wildman–Crippen MR) is 104 cm³/mol. The highest BCUT2D eigenvalue weighted by Gasteiger charge is 2.44. The van der Waals surface area contributed by atoms with Gasteiger partial charge in [0.05, 0.1) is 19.1 Å². The number of nitrogens with zero attached hydrogens (tertiary/aromatic N) is 1. The highest BCUT2D eigenvalue weighted by Crippen LogP contribution is 2.38. The van der Waals surface area contributed by atoms with Crippen molar-refractivity contribution in [2.75, 3.05) is 26.8 Å². The number of hydrogen-bond acceptors (Lipinski definition) is 4. The summed E-state index contributed by atoms with van der Waals surface area (Å²) in [6.45, 7) is 3.51. The molecule has 0 unspecified atom stereocenters. The molecule has 1 aliphatic heterocycles. The maximum absolute atomic E-state index is 12.8. The fourth-order valence-electron chi connectivity index (χ4n) is 4.46. The molecule has 3 rings (SSSR count). The Labute approximate surface area is 162 Å². The summed E-state index contributed by atoms with van der Waals surface area (Å²) >= 11 is 0. The molecular weight excluding hydrogens is 342 g/mol. The molecule has 1 saturated carbocycles. The van der Waals surface area contributed by atoms with Crippen molar-refractivity contribution in [2.24, 2.45) is 11.3 Å². The van der Waals surface area contributed by atoms with E-state index in [0.29, 0.717) is 39.0 Å². The Bertz CT molecular complexity index is 641. The van der Waals surface area contributed by atoms with E-state index in [-0.39, 0.29) is 17.8 Å². The van der Waals surface area contributed by atoms with Gasteiger partial charge in [-0.2, -0.15) is 0 Å².